The number of aryl methyl sites for hydroxylation is 1. The van der Waals surface area contributed by atoms with Crippen LogP contribution in [0.25, 0.3) is 11.5 Å². The van der Waals surface area contributed by atoms with Crippen LogP contribution < -0.4 is 0 Å². The molecule has 1 aromatic carbocycles. The predicted molar refractivity (Wildman–Crippen MR) is 87.7 cm³/mol. The number of nitrogens with zero attached hydrogens (tertiary/aromatic N) is 1. The van der Waals surface area contributed by atoms with Crippen molar-refractivity contribution in [3.8, 4) is 11.5 Å². The summed E-state index contributed by atoms with van der Waals surface area (Å²) < 4.78 is 12.3. The molecular weight excluding hydrogens is 437 g/mol. The molecule has 0 saturated heterocycles. The number of carbonyl (C=O) groups excluding carboxylic acids is 1. The largest absolute Gasteiger partial charge is 0.463 e. The van der Waals surface area contributed by atoms with Gasteiger partial charge in [-0.05, 0) is 63.1 Å². The van der Waals surface area contributed by atoms with Gasteiger partial charge in [0.25, 0.3) is 0 Å². The van der Waals surface area contributed by atoms with E-state index in [0.717, 1.165) is 20.0 Å². The van der Waals surface area contributed by atoms with E-state index >= 15 is 0 Å². The molecule has 2 rings (SSSR count). The van der Waals surface area contributed by atoms with E-state index < -0.39 is 5.97 Å². The maximum absolute atomic E-state index is 11.7. The molecule has 106 valence electrons. The van der Waals surface area contributed by atoms with Crippen molar-refractivity contribution >= 4 is 44.5 Å². The number of benzene rings is 1. The molecule has 0 unspecified atom stereocenters. The summed E-state index contributed by atoms with van der Waals surface area (Å²) in [6.07, 6.45) is 1.55. The van der Waals surface area contributed by atoms with Gasteiger partial charge in [-0.1, -0.05) is 13.3 Å². The molecule has 0 aliphatic carbocycles. The highest BCUT2D eigenvalue weighted by Gasteiger charge is 2.22. The minimum Gasteiger partial charge on any atom is -0.463 e. The van der Waals surface area contributed by atoms with Crippen molar-refractivity contribution in [1.29, 1.82) is 0 Å². The highest BCUT2D eigenvalue weighted by atomic mass is 127. The summed E-state index contributed by atoms with van der Waals surface area (Å²) in [6.45, 7) is 2.02. The standard InChI is InChI=1S/C14H13BrINO3/c1-3-4-11-12(14(18)19-2)20-13(17-11)9-7-8(16)5-6-10(9)15/h5-7H,3-4H2,1-2H3. The number of oxazole rings is 1. The normalized spacial score (nSPS) is 10.6. The fraction of sp³-hybridized carbons (Fsp3) is 0.286. The van der Waals surface area contributed by atoms with E-state index in [1.54, 1.807) is 0 Å². The van der Waals surface area contributed by atoms with Crippen LogP contribution in [0.3, 0.4) is 0 Å². The van der Waals surface area contributed by atoms with Gasteiger partial charge in [0.1, 0.15) is 0 Å². The molecule has 0 radical (unpaired) electrons. The zero-order valence-corrected chi connectivity index (χ0v) is 14.8. The van der Waals surface area contributed by atoms with Crippen LogP contribution in [-0.2, 0) is 11.2 Å². The number of halogens is 2. The topological polar surface area (TPSA) is 52.3 Å². The van der Waals surface area contributed by atoms with Crippen molar-refractivity contribution in [1.82, 2.24) is 4.98 Å². The fourth-order valence-electron chi connectivity index (χ4n) is 1.79. The van der Waals surface area contributed by atoms with Gasteiger partial charge in [0.15, 0.2) is 0 Å². The van der Waals surface area contributed by atoms with Gasteiger partial charge in [-0.15, -0.1) is 0 Å². The second-order valence-corrected chi connectivity index (χ2v) is 6.26. The van der Waals surface area contributed by atoms with Gasteiger partial charge in [0, 0.05) is 8.04 Å². The molecule has 2 aromatic rings. The van der Waals surface area contributed by atoms with Crippen molar-refractivity contribution in [2.24, 2.45) is 0 Å². The summed E-state index contributed by atoms with van der Waals surface area (Å²) in [5.41, 5.74) is 1.46. The van der Waals surface area contributed by atoms with Crippen LogP contribution in [0.1, 0.15) is 29.6 Å². The zero-order valence-electron chi connectivity index (χ0n) is 11.1. The average Bonchev–Trinajstić information content (AvgIpc) is 2.85. The number of hydrogen-bond donors (Lipinski definition) is 0. The lowest BCUT2D eigenvalue weighted by Crippen LogP contribution is -2.03. The number of methoxy groups -OCH3 is 1. The van der Waals surface area contributed by atoms with Crippen molar-refractivity contribution in [3.63, 3.8) is 0 Å². The molecule has 1 heterocycles. The second-order valence-electron chi connectivity index (χ2n) is 4.16. The molecule has 1 aromatic heterocycles. The van der Waals surface area contributed by atoms with Crippen LogP contribution in [0, 0.1) is 3.57 Å². The molecule has 6 heteroatoms. The number of aromatic nitrogens is 1. The Morgan fingerprint density at radius 3 is 2.90 bits per heavy atom. The monoisotopic (exact) mass is 449 g/mol. The highest BCUT2D eigenvalue weighted by Crippen LogP contribution is 2.31. The van der Waals surface area contributed by atoms with Gasteiger partial charge in [-0.3, -0.25) is 0 Å². The van der Waals surface area contributed by atoms with Crippen LogP contribution in [0.15, 0.2) is 27.1 Å². The van der Waals surface area contributed by atoms with Crippen molar-refractivity contribution in [2.75, 3.05) is 7.11 Å². The molecule has 0 fully saturated rings. The lowest BCUT2D eigenvalue weighted by molar-refractivity contribution is 0.0564. The molecule has 0 saturated carbocycles. The van der Waals surface area contributed by atoms with E-state index in [2.05, 4.69) is 43.5 Å². The molecule has 0 spiro atoms. The fourth-order valence-corrected chi connectivity index (χ4v) is 2.69. The first-order chi connectivity index (χ1) is 9.56. The molecule has 0 aliphatic heterocycles. The van der Waals surface area contributed by atoms with Crippen LogP contribution in [0.4, 0.5) is 0 Å². The predicted octanol–water partition coefficient (Wildman–Crippen LogP) is 4.45. The molecule has 0 atom stereocenters. The van der Waals surface area contributed by atoms with Gasteiger partial charge in [0.2, 0.25) is 11.7 Å². The summed E-state index contributed by atoms with van der Waals surface area (Å²) in [5.74, 6) is 0.128. The van der Waals surface area contributed by atoms with Crippen molar-refractivity contribution < 1.29 is 13.9 Å². The Balaban J connectivity index is 2.52. The minimum absolute atomic E-state index is 0.190. The van der Waals surface area contributed by atoms with E-state index in [9.17, 15) is 4.79 Å². The summed E-state index contributed by atoms with van der Waals surface area (Å²) >= 11 is 5.69. The Labute approximate surface area is 139 Å². The van der Waals surface area contributed by atoms with Crippen molar-refractivity contribution in [3.05, 3.63) is 37.7 Å². The zero-order chi connectivity index (χ0) is 14.7. The first kappa shape index (κ1) is 15.5. The number of hydrogen-bond acceptors (Lipinski definition) is 4. The van der Waals surface area contributed by atoms with Gasteiger partial charge in [-0.2, -0.15) is 0 Å². The highest BCUT2D eigenvalue weighted by molar-refractivity contribution is 14.1. The second kappa shape index (κ2) is 6.71. The molecule has 20 heavy (non-hydrogen) atoms. The van der Waals surface area contributed by atoms with E-state index in [4.69, 9.17) is 9.15 Å². The Morgan fingerprint density at radius 1 is 1.50 bits per heavy atom. The average molecular weight is 450 g/mol. The summed E-state index contributed by atoms with van der Waals surface area (Å²) in [6, 6.07) is 5.86. The third-order valence-electron chi connectivity index (χ3n) is 2.71. The molecular formula is C14H13BrINO3. The third kappa shape index (κ3) is 3.22. The number of carbonyl (C=O) groups is 1. The SMILES string of the molecule is CCCc1nc(-c2cc(I)ccc2Br)oc1C(=O)OC. The molecule has 0 N–H and O–H groups in total. The smallest absolute Gasteiger partial charge is 0.376 e. The van der Waals surface area contributed by atoms with Gasteiger partial charge >= 0.3 is 5.97 Å². The maximum Gasteiger partial charge on any atom is 0.376 e. The maximum atomic E-state index is 11.7. The first-order valence-corrected chi connectivity index (χ1v) is 7.97. The molecule has 4 nitrogen and oxygen atoms in total. The molecule has 0 amide bonds. The molecule has 0 bridgehead atoms. The third-order valence-corrected chi connectivity index (χ3v) is 4.08. The number of esters is 1. The van der Waals surface area contributed by atoms with E-state index in [1.165, 1.54) is 7.11 Å². The van der Waals surface area contributed by atoms with E-state index in [1.807, 2.05) is 25.1 Å². The van der Waals surface area contributed by atoms with Crippen LogP contribution in [0.2, 0.25) is 0 Å². The quantitative estimate of drug-likeness (QED) is 0.511. The Hall–Kier alpha value is -0.890. The van der Waals surface area contributed by atoms with Crippen molar-refractivity contribution in [2.45, 2.75) is 19.8 Å². The Morgan fingerprint density at radius 2 is 2.25 bits per heavy atom. The lowest BCUT2D eigenvalue weighted by Gasteiger charge is -2.00. The van der Waals surface area contributed by atoms with Crippen LogP contribution in [-0.4, -0.2) is 18.1 Å². The summed E-state index contributed by atoms with van der Waals surface area (Å²) in [4.78, 5) is 16.2. The summed E-state index contributed by atoms with van der Waals surface area (Å²) in [7, 11) is 1.33. The van der Waals surface area contributed by atoms with Gasteiger partial charge in [0.05, 0.1) is 18.4 Å². The number of rotatable bonds is 4. The molecule has 0 aliphatic rings. The lowest BCUT2D eigenvalue weighted by atomic mass is 10.2. The minimum atomic E-state index is -0.492. The van der Waals surface area contributed by atoms with E-state index in [-0.39, 0.29) is 5.76 Å². The van der Waals surface area contributed by atoms with Crippen LogP contribution in [0.5, 0.6) is 0 Å². The first-order valence-electron chi connectivity index (χ1n) is 6.10. The Bertz CT molecular complexity index is 639. The summed E-state index contributed by atoms with van der Waals surface area (Å²) in [5, 5.41) is 0. The van der Waals surface area contributed by atoms with Gasteiger partial charge in [-0.25, -0.2) is 9.78 Å². The van der Waals surface area contributed by atoms with E-state index in [0.29, 0.717) is 18.0 Å². The van der Waals surface area contributed by atoms with Gasteiger partial charge < -0.3 is 9.15 Å². The Kier molecular flexibility index (Phi) is 5.20. The van der Waals surface area contributed by atoms with Crippen LogP contribution >= 0.6 is 38.5 Å². The number of ether oxygens (including phenoxy) is 1.